The van der Waals surface area contributed by atoms with Crippen molar-refractivity contribution in [2.24, 2.45) is 5.41 Å². The van der Waals surface area contributed by atoms with Crippen LogP contribution in [0.2, 0.25) is 0 Å². The van der Waals surface area contributed by atoms with Gasteiger partial charge in [-0.3, -0.25) is 0 Å². The summed E-state index contributed by atoms with van der Waals surface area (Å²) in [5, 5.41) is 0. The molecule has 0 saturated heterocycles. The third-order valence-corrected chi connectivity index (χ3v) is 2.56. The molecule has 0 unspecified atom stereocenters. The number of allylic oxidation sites excluding steroid dienone is 1. The van der Waals surface area contributed by atoms with Crippen molar-refractivity contribution >= 4 is 0 Å². The summed E-state index contributed by atoms with van der Waals surface area (Å²) in [5.74, 6) is 0. The molecule has 0 atom stereocenters. The van der Waals surface area contributed by atoms with Crippen LogP contribution in [0, 0.1) is 5.41 Å². The van der Waals surface area contributed by atoms with E-state index < -0.39 is 0 Å². The van der Waals surface area contributed by atoms with Gasteiger partial charge in [-0.05, 0) is 18.8 Å². The predicted octanol–water partition coefficient (Wildman–Crippen LogP) is 4.17. The van der Waals surface area contributed by atoms with E-state index in [-0.39, 0.29) is 0 Å². The summed E-state index contributed by atoms with van der Waals surface area (Å²) >= 11 is 0. The molecule has 0 heteroatoms. The molecule has 0 bridgehead atoms. The quantitative estimate of drug-likeness (QED) is 0.412. The third-order valence-electron chi connectivity index (χ3n) is 2.56. The fourth-order valence-electron chi connectivity index (χ4n) is 1.03. The van der Waals surface area contributed by atoms with Crippen molar-refractivity contribution in [2.45, 2.75) is 53.4 Å². The highest BCUT2D eigenvalue weighted by molar-refractivity contribution is 5.02. The van der Waals surface area contributed by atoms with E-state index in [1.165, 1.54) is 31.3 Å². The van der Waals surface area contributed by atoms with Crippen LogP contribution in [0.25, 0.3) is 0 Å². The van der Waals surface area contributed by atoms with Crippen molar-refractivity contribution < 1.29 is 0 Å². The molecule has 0 N–H and O–H groups in total. The molecule has 0 aromatic heterocycles. The average Bonchev–Trinajstić information content (AvgIpc) is 1.88. The van der Waals surface area contributed by atoms with Gasteiger partial charge in [-0.1, -0.05) is 52.2 Å². The molecule has 0 heterocycles. The Morgan fingerprint density at radius 2 is 1.82 bits per heavy atom. The van der Waals surface area contributed by atoms with Crippen LogP contribution < -0.4 is 0 Å². The lowest BCUT2D eigenvalue weighted by Gasteiger charge is -2.24. The normalized spacial score (nSPS) is 11.6. The van der Waals surface area contributed by atoms with Gasteiger partial charge in [0.25, 0.3) is 0 Å². The molecule has 0 aliphatic carbocycles. The van der Waals surface area contributed by atoms with E-state index in [1.54, 1.807) is 0 Å². The summed E-state index contributed by atoms with van der Waals surface area (Å²) in [7, 11) is 0. The molecule has 0 saturated carbocycles. The molecule has 0 spiro atoms. The van der Waals surface area contributed by atoms with Gasteiger partial charge in [-0.25, -0.2) is 0 Å². The fraction of sp³-hybridized carbons (Fsp3) is 0.818. The summed E-state index contributed by atoms with van der Waals surface area (Å²) < 4.78 is 0. The Bertz CT molecular complexity index is 120. The van der Waals surface area contributed by atoms with E-state index in [4.69, 9.17) is 0 Å². The first-order chi connectivity index (χ1) is 5.00. The van der Waals surface area contributed by atoms with Crippen LogP contribution in [0.3, 0.4) is 0 Å². The second-order valence-electron chi connectivity index (χ2n) is 4.12. The second kappa shape index (κ2) is 4.58. The first-order valence-corrected chi connectivity index (χ1v) is 4.66. The first kappa shape index (κ1) is 10.7. The number of rotatable bonds is 5. The molecule has 0 aliphatic heterocycles. The average molecular weight is 154 g/mol. The summed E-state index contributed by atoms with van der Waals surface area (Å²) in [4.78, 5) is 0. The summed E-state index contributed by atoms with van der Waals surface area (Å²) in [6.45, 7) is 12.9. The van der Waals surface area contributed by atoms with Gasteiger partial charge < -0.3 is 0 Å². The monoisotopic (exact) mass is 154 g/mol. The molecule has 0 aromatic rings. The zero-order chi connectivity index (χ0) is 8.91. The lowest BCUT2D eigenvalue weighted by molar-refractivity contribution is 0.388. The predicted molar refractivity (Wildman–Crippen MR) is 52.7 cm³/mol. The van der Waals surface area contributed by atoms with E-state index in [0.717, 1.165) is 0 Å². The summed E-state index contributed by atoms with van der Waals surface area (Å²) in [6, 6.07) is 0. The van der Waals surface area contributed by atoms with Crippen molar-refractivity contribution in [2.75, 3.05) is 0 Å². The zero-order valence-corrected chi connectivity index (χ0v) is 8.54. The Morgan fingerprint density at radius 1 is 1.27 bits per heavy atom. The minimum atomic E-state index is 0.356. The number of hydrogen-bond donors (Lipinski definition) is 0. The van der Waals surface area contributed by atoms with Crippen molar-refractivity contribution in [1.29, 1.82) is 0 Å². The number of unbranched alkanes of at least 4 members (excludes halogenated alkanes) is 2. The highest BCUT2D eigenvalue weighted by Crippen LogP contribution is 2.30. The van der Waals surface area contributed by atoms with Crippen LogP contribution in [0.4, 0.5) is 0 Å². The smallest absolute Gasteiger partial charge is 0.0150 e. The van der Waals surface area contributed by atoms with Crippen LogP contribution in [0.1, 0.15) is 53.4 Å². The van der Waals surface area contributed by atoms with E-state index in [2.05, 4.69) is 34.3 Å². The van der Waals surface area contributed by atoms with Gasteiger partial charge in [-0.15, -0.1) is 0 Å². The fourth-order valence-corrected chi connectivity index (χ4v) is 1.03. The molecule has 0 nitrogen and oxygen atoms in total. The minimum Gasteiger partial charge on any atom is -0.0996 e. The molecule has 0 fully saturated rings. The van der Waals surface area contributed by atoms with Crippen LogP contribution >= 0.6 is 0 Å². The molecule has 66 valence electrons. The lowest BCUT2D eigenvalue weighted by atomic mass is 9.81. The molecule has 0 aromatic carbocycles. The van der Waals surface area contributed by atoms with Gasteiger partial charge in [-0.2, -0.15) is 0 Å². The molecule has 0 aliphatic rings. The molecule has 0 amide bonds. The summed E-state index contributed by atoms with van der Waals surface area (Å²) in [5.41, 5.74) is 1.67. The first-order valence-electron chi connectivity index (χ1n) is 4.66. The van der Waals surface area contributed by atoms with Crippen LogP contribution in [-0.4, -0.2) is 0 Å². The molecule has 0 rings (SSSR count). The zero-order valence-electron chi connectivity index (χ0n) is 8.54. The van der Waals surface area contributed by atoms with E-state index in [0.29, 0.717) is 5.41 Å². The van der Waals surface area contributed by atoms with Gasteiger partial charge >= 0.3 is 0 Å². The number of hydrogen-bond acceptors (Lipinski definition) is 0. The SMILES string of the molecule is C=C(C)C(C)(C)CCCCC. The lowest BCUT2D eigenvalue weighted by Crippen LogP contribution is -2.11. The maximum absolute atomic E-state index is 4.01. The highest BCUT2D eigenvalue weighted by Gasteiger charge is 2.16. The molecule has 11 heavy (non-hydrogen) atoms. The van der Waals surface area contributed by atoms with Crippen molar-refractivity contribution in [3.8, 4) is 0 Å². The van der Waals surface area contributed by atoms with Gasteiger partial charge in [0.15, 0.2) is 0 Å². The third kappa shape index (κ3) is 4.23. The largest absolute Gasteiger partial charge is 0.0996 e. The summed E-state index contributed by atoms with van der Waals surface area (Å²) in [6.07, 6.45) is 5.30. The highest BCUT2D eigenvalue weighted by atomic mass is 14.2. The van der Waals surface area contributed by atoms with Crippen LogP contribution in [0.15, 0.2) is 12.2 Å². The molecular weight excluding hydrogens is 132 g/mol. The Hall–Kier alpha value is -0.260. The maximum Gasteiger partial charge on any atom is -0.0150 e. The van der Waals surface area contributed by atoms with Crippen molar-refractivity contribution in [3.63, 3.8) is 0 Å². The van der Waals surface area contributed by atoms with Gasteiger partial charge in [0.05, 0.1) is 0 Å². The molecular formula is C11H22. The van der Waals surface area contributed by atoms with Gasteiger partial charge in [0.2, 0.25) is 0 Å². The standard InChI is InChI=1S/C11H22/c1-6-7-8-9-11(4,5)10(2)3/h2,6-9H2,1,3-5H3. The Morgan fingerprint density at radius 3 is 2.18 bits per heavy atom. The van der Waals surface area contributed by atoms with Crippen LogP contribution in [0.5, 0.6) is 0 Å². The van der Waals surface area contributed by atoms with E-state index >= 15 is 0 Å². The van der Waals surface area contributed by atoms with E-state index in [9.17, 15) is 0 Å². The van der Waals surface area contributed by atoms with Gasteiger partial charge in [0.1, 0.15) is 0 Å². The minimum absolute atomic E-state index is 0.356. The van der Waals surface area contributed by atoms with Crippen molar-refractivity contribution in [3.05, 3.63) is 12.2 Å². The Kier molecular flexibility index (Phi) is 4.48. The molecule has 0 radical (unpaired) electrons. The van der Waals surface area contributed by atoms with E-state index in [1.807, 2.05) is 0 Å². The van der Waals surface area contributed by atoms with Crippen LogP contribution in [-0.2, 0) is 0 Å². The Labute approximate surface area is 71.7 Å². The van der Waals surface area contributed by atoms with Crippen molar-refractivity contribution in [1.82, 2.24) is 0 Å². The maximum atomic E-state index is 4.01. The topological polar surface area (TPSA) is 0 Å². The second-order valence-corrected chi connectivity index (χ2v) is 4.12. The van der Waals surface area contributed by atoms with Gasteiger partial charge in [0, 0.05) is 0 Å². The Balaban J connectivity index is 3.64.